The summed E-state index contributed by atoms with van der Waals surface area (Å²) in [5, 5.41) is 3.21. The first-order valence-corrected chi connectivity index (χ1v) is 6.03. The minimum Gasteiger partial charge on any atom is -0.354 e. The summed E-state index contributed by atoms with van der Waals surface area (Å²) in [4.78, 5) is 17.2. The normalized spacial score (nSPS) is 10.7. The fourth-order valence-electron chi connectivity index (χ4n) is 1.47. The molecule has 94 valence electrons. The van der Waals surface area contributed by atoms with Crippen LogP contribution in [0.2, 0.25) is 0 Å². The summed E-state index contributed by atoms with van der Waals surface area (Å²) in [6, 6.07) is 5.68. The predicted octanol–water partition coefficient (Wildman–Crippen LogP) is 2.31. The molecule has 5 nitrogen and oxygen atoms in total. The second kappa shape index (κ2) is 5.53. The van der Waals surface area contributed by atoms with Gasteiger partial charge in [-0.3, -0.25) is 4.98 Å². The number of hydrogen-bond acceptors (Lipinski definition) is 5. The average Bonchev–Trinajstić information content (AvgIpc) is 2.37. The first-order chi connectivity index (χ1) is 8.65. The summed E-state index contributed by atoms with van der Waals surface area (Å²) >= 11 is 0. The van der Waals surface area contributed by atoms with Gasteiger partial charge in [0.15, 0.2) is 5.82 Å². The molecule has 0 bridgehead atoms. The summed E-state index contributed by atoms with van der Waals surface area (Å²) in [7, 11) is 0. The molecule has 5 heteroatoms. The van der Waals surface area contributed by atoms with Crippen molar-refractivity contribution in [3.8, 4) is 11.5 Å². The second-order valence-electron chi connectivity index (χ2n) is 4.52. The topological polar surface area (TPSA) is 63.6 Å². The van der Waals surface area contributed by atoms with E-state index in [9.17, 15) is 0 Å². The zero-order valence-corrected chi connectivity index (χ0v) is 10.9. The molecule has 18 heavy (non-hydrogen) atoms. The van der Waals surface area contributed by atoms with E-state index in [1.807, 2.05) is 25.1 Å². The highest BCUT2D eigenvalue weighted by Crippen LogP contribution is 2.12. The van der Waals surface area contributed by atoms with Crippen LogP contribution in [0.3, 0.4) is 0 Å². The van der Waals surface area contributed by atoms with Crippen molar-refractivity contribution < 1.29 is 0 Å². The molecule has 0 atom stereocenters. The number of aromatic nitrogens is 4. The van der Waals surface area contributed by atoms with Crippen LogP contribution >= 0.6 is 0 Å². The van der Waals surface area contributed by atoms with Crippen molar-refractivity contribution in [2.45, 2.75) is 20.8 Å². The SMILES string of the molecule is Cc1nc(NCC(C)C)nc(-c2ccccn2)n1. The number of hydrogen-bond donors (Lipinski definition) is 1. The Morgan fingerprint density at radius 2 is 2.00 bits per heavy atom. The van der Waals surface area contributed by atoms with E-state index >= 15 is 0 Å². The van der Waals surface area contributed by atoms with Gasteiger partial charge in [-0.05, 0) is 25.0 Å². The van der Waals surface area contributed by atoms with Gasteiger partial charge < -0.3 is 5.32 Å². The van der Waals surface area contributed by atoms with E-state index in [1.54, 1.807) is 6.20 Å². The Balaban J connectivity index is 2.27. The van der Waals surface area contributed by atoms with Crippen molar-refractivity contribution >= 4 is 5.95 Å². The van der Waals surface area contributed by atoms with E-state index in [-0.39, 0.29) is 0 Å². The molecule has 0 saturated carbocycles. The van der Waals surface area contributed by atoms with E-state index < -0.39 is 0 Å². The molecular formula is C13H17N5. The van der Waals surface area contributed by atoms with E-state index in [4.69, 9.17) is 0 Å². The summed E-state index contributed by atoms with van der Waals surface area (Å²) in [6.45, 7) is 6.97. The first-order valence-electron chi connectivity index (χ1n) is 6.03. The number of aryl methyl sites for hydroxylation is 1. The lowest BCUT2D eigenvalue weighted by Crippen LogP contribution is -2.12. The molecule has 0 aliphatic rings. The van der Waals surface area contributed by atoms with Crippen molar-refractivity contribution in [3.05, 3.63) is 30.2 Å². The van der Waals surface area contributed by atoms with Gasteiger partial charge in [0.05, 0.1) is 0 Å². The lowest BCUT2D eigenvalue weighted by Gasteiger charge is -2.08. The molecule has 0 radical (unpaired) electrons. The van der Waals surface area contributed by atoms with Crippen LogP contribution in [0.25, 0.3) is 11.5 Å². The van der Waals surface area contributed by atoms with Gasteiger partial charge in [0, 0.05) is 12.7 Å². The van der Waals surface area contributed by atoms with Crippen molar-refractivity contribution in [1.82, 2.24) is 19.9 Å². The smallest absolute Gasteiger partial charge is 0.226 e. The molecule has 2 heterocycles. The van der Waals surface area contributed by atoms with Crippen LogP contribution in [0.1, 0.15) is 19.7 Å². The van der Waals surface area contributed by atoms with Crippen LogP contribution in [0.5, 0.6) is 0 Å². The molecule has 0 saturated heterocycles. The van der Waals surface area contributed by atoms with Gasteiger partial charge in [0.2, 0.25) is 5.95 Å². The Bertz CT molecular complexity index is 510. The molecule has 2 aromatic heterocycles. The third-order valence-electron chi connectivity index (χ3n) is 2.31. The Morgan fingerprint density at radius 1 is 1.17 bits per heavy atom. The largest absolute Gasteiger partial charge is 0.354 e. The second-order valence-corrected chi connectivity index (χ2v) is 4.52. The molecule has 0 fully saturated rings. The zero-order chi connectivity index (χ0) is 13.0. The van der Waals surface area contributed by atoms with Crippen molar-refractivity contribution in [2.24, 2.45) is 5.92 Å². The maximum atomic E-state index is 4.38. The molecule has 2 rings (SSSR count). The molecule has 2 aromatic rings. The Kier molecular flexibility index (Phi) is 3.82. The summed E-state index contributed by atoms with van der Waals surface area (Å²) in [5.74, 6) is 2.45. The zero-order valence-electron chi connectivity index (χ0n) is 10.9. The molecule has 0 aliphatic heterocycles. The van der Waals surface area contributed by atoms with Gasteiger partial charge in [-0.15, -0.1) is 0 Å². The van der Waals surface area contributed by atoms with E-state index in [0.29, 0.717) is 23.5 Å². The van der Waals surface area contributed by atoms with Crippen LogP contribution in [0.4, 0.5) is 5.95 Å². The molecule has 0 aliphatic carbocycles. The van der Waals surface area contributed by atoms with Crippen molar-refractivity contribution in [3.63, 3.8) is 0 Å². The maximum Gasteiger partial charge on any atom is 0.226 e. The minimum atomic E-state index is 0.542. The first kappa shape index (κ1) is 12.4. The van der Waals surface area contributed by atoms with E-state index in [1.165, 1.54) is 0 Å². The van der Waals surface area contributed by atoms with Gasteiger partial charge in [-0.25, -0.2) is 4.98 Å². The van der Waals surface area contributed by atoms with Crippen molar-refractivity contribution in [1.29, 1.82) is 0 Å². The van der Waals surface area contributed by atoms with Crippen LogP contribution in [-0.2, 0) is 0 Å². The minimum absolute atomic E-state index is 0.542. The van der Waals surface area contributed by atoms with Crippen molar-refractivity contribution in [2.75, 3.05) is 11.9 Å². The van der Waals surface area contributed by atoms with Crippen LogP contribution < -0.4 is 5.32 Å². The Hall–Kier alpha value is -2.04. The van der Waals surface area contributed by atoms with Gasteiger partial charge >= 0.3 is 0 Å². The highest BCUT2D eigenvalue weighted by Gasteiger charge is 2.07. The number of nitrogens with one attached hydrogen (secondary N) is 1. The fraction of sp³-hybridized carbons (Fsp3) is 0.385. The lowest BCUT2D eigenvalue weighted by atomic mass is 10.2. The summed E-state index contributed by atoms with van der Waals surface area (Å²) in [5.41, 5.74) is 0.760. The van der Waals surface area contributed by atoms with Gasteiger partial charge in [0.1, 0.15) is 11.5 Å². The van der Waals surface area contributed by atoms with E-state index in [0.717, 1.165) is 12.2 Å². The molecule has 0 amide bonds. The molecule has 1 N–H and O–H groups in total. The van der Waals surface area contributed by atoms with Crippen LogP contribution in [0, 0.1) is 12.8 Å². The van der Waals surface area contributed by atoms with E-state index in [2.05, 4.69) is 39.1 Å². The number of nitrogens with zero attached hydrogens (tertiary/aromatic N) is 4. The molecule has 0 unspecified atom stereocenters. The number of anilines is 1. The third-order valence-corrected chi connectivity index (χ3v) is 2.31. The average molecular weight is 243 g/mol. The molecular weight excluding hydrogens is 226 g/mol. The highest BCUT2D eigenvalue weighted by atomic mass is 15.2. The lowest BCUT2D eigenvalue weighted by molar-refractivity contribution is 0.683. The van der Waals surface area contributed by atoms with Gasteiger partial charge in [-0.2, -0.15) is 9.97 Å². The highest BCUT2D eigenvalue weighted by molar-refractivity contribution is 5.50. The quantitative estimate of drug-likeness (QED) is 0.892. The van der Waals surface area contributed by atoms with Gasteiger partial charge in [-0.1, -0.05) is 19.9 Å². The molecule has 0 aromatic carbocycles. The fourth-order valence-corrected chi connectivity index (χ4v) is 1.47. The van der Waals surface area contributed by atoms with Crippen LogP contribution in [-0.4, -0.2) is 26.5 Å². The maximum absolute atomic E-state index is 4.38. The summed E-state index contributed by atoms with van der Waals surface area (Å²) in [6.07, 6.45) is 1.73. The van der Waals surface area contributed by atoms with Gasteiger partial charge in [0.25, 0.3) is 0 Å². The monoisotopic (exact) mass is 243 g/mol. The Labute approximate surface area is 107 Å². The number of pyridine rings is 1. The molecule has 0 spiro atoms. The number of rotatable bonds is 4. The predicted molar refractivity (Wildman–Crippen MR) is 71.1 cm³/mol. The summed E-state index contributed by atoms with van der Waals surface area (Å²) < 4.78 is 0. The van der Waals surface area contributed by atoms with Crippen LogP contribution in [0.15, 0.2) is 24.4 Å². The standard InChI is InChI=1S/C13H17N5/c1-9(2)8-15-13-17-10(3)16-12(18-13)11-6-4-5-7-14-11/h4-7,9H,8H2,1-3H3,(H,15,16,17,18). The third kappa shape index (κ3) is 3.23. The Morgan fingerprint density at radius 3 is 2.67 bits per heavy atom.